The van der Waals surface area contributed by atoms with Crippen LogP contribution >= 0.6 is 0 Å². The van der Waals surface area contributed by atoms with Gasteiger partial charge in [0.1, 0.15) is 28.6 Å². The number of anilines is 1. The minimum atomic E-state index is -0.233. The molecule has 0 radical (unpaired) electrons. The standard InChI is InChI=1S/C27H27N5O3/c1-17-8-5-9-18(2)26(17)35-13-7-12-24(33)31-27-20(15-28)16-29-32(27)23-14-19(3)21-10-6-11-22(34-4)25(21)30-23/h5-6,8-11,14,16H,7,12-13H2,1-4H3,(H,31,33). The van der Waals surface area contributed by atoms with E-state index in [1.165, 1.54) is 10.9 Å². The van der Waals surface area contributed by atoms with Gasteiger partial charge < -0.3 is 14.8 Å². The van der Waals surface area contributed by atoms with E-state index >= 15 is 0 Å². The average molecular weight is 470 g/mol. The molecule has 4 aromatic rings. The molecule has 1 N–H and O–H groups in total. The summed E-state index contributed by atoms with van der Waals surface area (Å²) in [5, 5.41) is 17.7. The van der Waals surface area contributed by atoms with Crippen molar-refractivity contribution in [2.45, 2.75) is 33.6 Å². The quantitative estimate of drug-likeness (QED) is 0.363. The van der Waals surface area contributed by atoms with E-state index in [4.69, 9.17) is 14.5 Å². The zero-order valence-corrected chi connectivity index (χ0v) is 20.3. The lowest BCUT2D eigenvalue weighted by Gasteiger charge is -2.13. The van der Waals surface area contributed by atoms with E-state index in [9.17, 15) is 10.1 Å². The third-order valence-corrected chi connectivity index (χ3v) is 5.78. The van der Waals surface area contributed by atoms with Gasteiger partial charge in [0.05, 0.1) is 19.9 Å². The Labute approximate surface area is 204 Å². The van der Waals surface area contributed by atoms with Crippen LogP contribution in [-0.2, 0) is 4.79 Å². The van der Waals surface area contributed by atoms with E-state index in [0.717, 1.165) is 27.8 Å². The van der Waals surface area contributed by atoms with Crippen LogP contribution in [0.25, 0.3) is 16.7 Å². The number of pyridine rings is 1. The number of hydrogen-bond donors (Lipinski definition) is 1. The molecule has 0 bridgehead atoms. The Morgan fingerprint density at radius 2 is 1.86 bits per heavy atom. The van der Waals surface area contributed by atoms with Crippen molar-refractivity contribution in [1.29, 1.82) is 5.26 Å². The van der Waals surface area contributed by atoms with Crippen molar-refractivity contribution in [3.8, 4) is 23.4 Å². The third-order valence-electron chi connectivity index (χ3n) is 5.78. The molecule has 0 saturated carbocycles. The maximum atomic E-state index is 12.7. The van der Waals surface area contributed by atoms with E-state index in [0.29, 0.717) is 30.1 Å². The number of amides is 1. The first-order valence-electron chi connectivity index (χ1n) is 11.3. The van der Waals surface area contributed by atoms with Crippen LogP contribution in [0.4, 0.5) is 5.82 Å². The van der Waals surface area contributed by atoms with Gasteiger partial charge in [-0.15, -0.1) is 0 Å². The molecule has 8 heteroatoms. The number of nitrogens with one attached hydrogen (secondary N) is 1. The summed E-state index contributed by atoms with van der Waals surface area (Å²) in [6.45, 7) is 6.38. The molecule has 2 aromatic carbocycles. The topological polar surface area (TPSA) is 102 Å². The summed E-state index contributed by atoms with van der Waals surface area (Å²) in [6, 6.07) is 15.7. The number of carbonyl (C=O) groups excluding carboxylic acids is 1. The van der Waals surface area contributed by atoms with Crippen LogP contribution in [0.2, 0.25) is 0 Å². The predicted molar refractivity (Wildman–Crippen MR) is 134 cm³/mol. The number of methoxy groups -OCH3 is 1. The van der Waals surface area contributed by atoms with E-state index in [1.807, 2.05) is 63.2 Å². The van der Waals surface area contributed by atoms with Crippen LogP contribution < -0.4 is 14.8 Å². The van der Waals surface area contributed by atoms with Crippen molar-refractivity contribution < 1.29 is 14.3 Å². The fourth-order valence-electron chi connectivity index (χ4n) is 4.00. The smallest absolute Gasteiger partial charge is 0.225 e. The molecule has 1 amide bonds. The SMILES string of the molecule is COc1cccc2c(C)cc(-n3ncc(C#N)c3NC(=O)CCCOc3c(C)cccc3C)nc12. The van der Waals surface area contributed by atoms with Gasteiger partial charge in [0.25, 0.3) is 0 Å². The molecule has 4 rings (SSSR count). The van der Waals surface area contributed by atoms with Gasteiger partial charge in [-0.1, -0.05) is 30.3 Å². The number of nitriles is 1. The second-order valence-electron chi connectivity index (χ2n) is 8.31. The number of ether oxygens (including phenoxy) is 2. The first-order chi connectivity index (χ1) is 16.9. The Bertz CT molecular complexity index is 1410. The summed E-state index contributed by atoms with van der Waals surface area (Å²) in [6.07, 6.45) is 2.18. The van der Waals surface area contributed by atoms with Crippen molar-refractivity contribution in [1.82, 2.24) is 14.8 Å². The van der Waals surface area contributed by atoms with Gasteiger partial charge in [0.15, 0.2) is 11.6 Å². The largest absolute Gasteiger partial charge is 0.494 e. The molecule has 0 fully saturated rings. The predicted octanol–water partition coefficient (Wildman–Crippen LogP) is 5.02. The highest BCUT2D eigenvalue weighted by atomic mass is 16.5. The number of carbonyl (C=O) groups is 1. The summed E-state index contributed by atoms with van der Waals surface area (Å²) in [5.41, 5.74) is 4.03. The summed E-state index contributed by atoms with van der Waals surface area (Å²) in [5.74, 6) is 2.02. The Morgan fingerprint density at radius 3 is 2.57 bits per heavy atom. The molecule has 2 heterocycles. The fourth-order valence-corrected chi connectivity index (χ4v) is 4.00. The van der Waals surface area contributed by atoms with E-state index < -0.39 is 0 Å². The van der Waals surface area contributed by atoms with Gasteiger partial charge in [-0.3, -0.25) is 4.79 Å². The van der Waals surface area contributed by atoms with Crippen LogP contribution in [-0.4, -0.2) is 34.4 Å². The summed E-state index contributed by atoms with van der Waals surface area (Å²) in [4.78, 5) is 17.4. The lowest BCUT2D eigenvalue weighted by Crippen LogP contribution is -2.17. The molecule has 35 heavy (non-hydrogen) atoms. The highest BCUT2D eigenvalue weighted by Crippen LogP contribution is 2.29. The van der Waals surface area contributed by atoms with Crippen LogP contribution in [0.3, 0.4) is 0 Å². The maximum Gasteiger partial charge on any atom is 0.225 e. The summed E-state index contributed by atoms with van der Waals surface area (Å²) in [7, 11) is 1.59. The number of fused-ring (bicyclic) bond motifs is 1. The van der Waals surface area contributed by atoms with Crippen molar-refractivity contribution in [2.24, 2.45) is 0 Å². The lowest BCUT2D eigenvalue weighted by atomic mass is 10.1. The van der Waals surface area contributed by atoms with E-state index in [1.54, 1.807) is 7.11 Å². The van der Waals surface area contributed by atoms with Gasteiger partial charge in [0, 0.05) is 11.8 Å². The molecule has 2 aromatic heterocycles. The normalized spacial score (nSPS) is 10.7. The lowest BCUT2D eigenvalue weighted by molar-refractivity contribution is -0.116. The van der Waals surface area contributed by atoms with E-state index in [2.05, 4.69) is 16.5 Å². The Kier molecular flexibility index (Phi) is 6.97. The molecule has 0 aliphatic heterocycles. The highest BCUT2D eigenvalue weighted by Gasteiger charge is 2.18. The first kappa shape index (κ1) is 23.8. The number of aromatic nitrogens is 3. The second-order valence-corrected chi connectivity index (χ2v) is 8.31. The van der Waals surface area contributed by atoms with Gasteiger partial charge in [-0.2, -0.15) is 15.0 Å². The van der Waals surface area contributed by atoms with Gasteiger partial charge in [-0.05, 0) is 56.0 Å². The molecule has 0 unspecified atom stereocenters. The number of para-hydroxylation sites is 2. The van der Waals surface area contributed by atoms with Gasteiger partial charge in [0.2, 0.25) is 5.91 Å². The van der Waals surface area contributed by atoms with Crippen LogP contribution in [0.5, 0.6) is 11.5 Å². The number of benzene rings is 2. The maximum absolute atomic E-state index is 12.7. The van der Waals surface area contributed by atoms with Crippen LogP contribution in [0.15, 0.2) is 48.7 Å². The Balaban J connectivity index is 1.51. The van der Waals surface area contributed by atoms with Crippen molar-refractivity contribution in [3.05, 3.63) is 70.9 Å². The minimum absolute atomic E-state index is 0.233. The number of hydrogen-bond acceptors (Lipinski definition) is 6. The molecule has 8 nitrogen and oxygen atoms in total. The molecule has 0 aliphatic rings. The monoisotopic (exact) mass is 469 g/mol. The van der Waals surface area contributed by atoms with Crippen molar-refractivity contribution in [2.75, 3.05) is 19.0 Å². The fraction of sp³-hybridized carbons (Fsp3) is 0.259. The second kappa shape index (κ2) is 10.3. The van der Waals surface area contributed by atoms with Crippen LogP contribution in [0, 0.1) is 32.1 Å². The van der Waals surface area contributed by atoms with Crippen molar-refractivity contribution in [3.63, 3.8) is 0 Å². The molecule has 178 valence electrons. The summed E-state index contributed by atoms with van der Waals surface area (Å²) < 4.78 is 12.8. The number of aryl methyl sites for hydroxylation is 3. The first-order valence-corrected chi connectivity index (χ1v) is 11.3. The zero-order valence-electron chi connectivity index (χ0n) is 20.3. The Morgan fingerprint density at radius 1 is 1.11 bits per heavy atom. The minimum Gasteiger partial charge on any atom is -0.494 e. The molecule has 0 aliphatic carbocycles. The van der Waals surface area contributed by atoms with Crippen LogP contribution in [0.1, 0.15) is 35.1 Å². The molecular weight excluding hydrogens is 442 g/mol. The average Bonchev–Trinajstić information content (AvgIpc) is 3.25. The number of nitrogens with zero attached hydrogens (tertiary/aromatic N) is 4. The van der Waals surface area contributed by atoms with E-state index in [-0.39, 0.29) is 23.7 Å². The molecule has 0 saturated heterocycles. The molecule has 0 atom stereocenters. The summed E-state index contributed by atoms with van der Waals surface area (Å²) >= 11 is 0. The number of rotatable bonds is 8. The molecular formula is C27H27N5O3. The van der Waals surface area contributed by atoms with Crippen molar-refractivity contribution >= 4 is 22.6 Å². The van der Waals surface area contributed by atoms with Gasteiger partial charge >= 0.3 is 0 Å². The Hall–Kier alpha value is -4.38. The van der Waals surface area contributed by atoms with Gasteiger partial charge in [-0.25, -0.2) is 4.98 Å². The zero-order chi connectivity index (χ0) is 24.9. The molecule has 0 spiro atoms. The third kappa shape index (κ3) is 4.94. The highest BCUT2D eigenvalue weighted by molar-refractivity contribution is 5.92.